The van der Waals surface area contributed by atoms with Crippen molar-refractivity contribution in [1.82, 2.24) is 10.3 Å². The van der Waals surface area contributed by atoms with Crippen LogP contribution in [0.25, 0.3) is 10.9 Å². The third-order valence-corrected chi connectivity index (χ3v) is 4.55. The number of aromatic nitrogens is 1. The van der Waals surface area contributed by atoms with Crippen molar-refractivity contribution in [1.29, 1.82) is 0 Å². The summed E-state index contributed by atoms with van der Waals surface area (Å²) in [5, 5.41) is 14.4. The number of nitrogens with zero attached hydrogens (tertiary/aromatic N) is 1. The lowest BCUT2D eigenvalue weighted by Gasteiger charge is -2.26. The fraction of sp³-hybridized carbons (Fsp3) is 0.471. The number of para-hydroxylation sites is 1. The van der Waals surface area contributed by atoms with Crippen molar-refractivity contribution >= 4 is 10.9 Å². The predicted octanol–water partition coefficient (Wildman–Crippen LogP) is 2.88. The number of hydrogen-bond acceptors (Lipinski definition) is 3. The van der Waals surface area contributed by atoms with Crippen LogP contribution in [0.2, 0.25) is 0 Å². The zero-order valence-electron chi connectivity index (χ0n) is 11.8. The molecule has 3 nitrogen and oxygen atoms in total. The van der Waals surface area contributed by atoms with Crippen molar-refractivity contribution in [3.8, 4) is 0 Å². The molecule has 1 aromatic carbocycles. The predicted molar refractivity (Wildman–Crippen MR) is 81.4 cm³/mol. The van der Waals surface area contributed by atoms with Gasteiger partial charge in [-0.3, -0.25) is 4.98 Å². The maximum absolute atomic E-state index is 9.64. The molecule has 0 saturated heterocycles. The molecule has 0 aliphatic heterocycles. The molecule has 1 aliphatic rings. The molecule has 1 saturated carbocycles. The molecule has 0 bridgehead atoms. The molecule has 106 valence electrons. The molecule has 20 heavy (non-hydrogen) atoms. The minimum absolute atomic E-state index is 0.114. The second kappa shape index (κ2) is 5.90. The largest absolute Gasteiger partial charge is 0.396 e. The number of benzene rings is 1. The molecule has 2 N–H and O–H groups in total. The van der Waals surface area contributed by atoms with Gasteiger partial charge >= 0.3 is 0 Å². The first-order valence-electron chi connectivity index (χ1n) is 7.47. The van der Waals surface area contributed by atoms with E-state index < -0.39 is 0 Å². The van der Waals surface area contributed by atoms with E-state index in [1.807, 2.05) is 18.3 Å². The van der Waals surface area contributed by atoms with Gasteiger partial charge in [-0.15, -0.1) is 0 Å². The summed E-state index contributed by atoms with van der Waals surface area (Å²) in [4.78, 5) is 4.39. The van der Waals surface area contributed by atoms with Gasteiger partial charge in [-0.05, 0) is 30.5 Å². The Balaban J connectivity index is 1.68. The highest BCUT2D eigenvalue weighted by molar-refractivity contribution is 5.81. The minimum Gasteiger partial charge on any atom is -0.396 e. The number of fused-ring (bicyclic) bond motifs is 1. The third kappa shape index (κ3) is 2.69. The number of nitrogens with one attached hydrogen (secondary N) is 1. The SMILES string of the molecule is OCC1(CNCc2ccnc3ccccc23)CCCC1. The first-order chi connectivity index (χ1) is 9.83. The molecule has 2 aromatic rings. The summed E-state index contributed by atoms with van der Waals surface area (Å²) < 4.78 is 0. The van der Waals surface area contributed by atoms with E-state index >= 15 is 0 Å². The molecular formula is C17H22N2O. The van der Waals surface area contributed by atoms with Gasteiger partial charge in [0.2, 0.25) is 0 Å². The van der Waals surface area contributed by atoms with Crippen LogP contribution in [0.5, 0.6) is 0 Å². The van der Waals surface area contributed by atoms with Crippen molar-refractivity contribution < 1.29 is 5.11 Å². The van der Waals surface area contributed by atoms with Crippen LogP contribution in [0.1, 0.15) is 31.2 Å². The molecule has 1 aliphatic carbocycles. The van der Waals surface area contributed by atoms with Crippen LogP contribution in [0.15, 0.2) is 36.5 Å². The third-order valence-electron chi connectivity index (χ3n) is 4.55. The zero-order chi connectivity index (χ0) is 13.8. The molecule has 0 radical (unpaired) electrons. The van der Waals surface area contributed by atoms with E-state index in [2.05, 4.69) is 28.5 Å². The number of rotatable bonds is 5. The van der Waals surface area contributed by atoms with Gasteiger partial charge in [-0.2, -0.15) is 0 Å². The Hall–Kier alpha value is -1.45. The summed E-state index contributed by atoms with van der Waals surface area (Å²) in [6.07, 6.45) is 6.67. The smallest absolute Gasteiger partial charge is 0.0705 e. The summed E-state index contributed by atoms with van der Waals surface area (Å²) >= 11 is 0. The van der Waals surface area contributed by atoms with Crippen molar-refractivity contribution in [3.05, 3.63) is 42.1 Å². The number of aliphatic hydroxyl groups is 1. The van der Waals surface area contributed by atoms with E-state index in [-0.39, 0.29) is 5.41 Å². The Morgan fingerprint density at radius 1 is 1.15 bits per heavy atom. The van der Waals surface area contributed by atoms with E-state index in [1.165, 1.54) is 23.8 Å². The topological polar surface area (TPSA) is 45.1 Å². The first kappa shape index (κ1) is 13.5. The maximum Gasteiger partial charge on any atom is 0.0705 e. The highest BCUT2D eigenvalue weighted by Crippen LogP contribution is 2.36. The van der Waals surface area contributed by atoms with Crippen LogP contribution >= 0.6 is 0 Å². The standard InChI is InChI=1S/C17H22N2O/c20-13-17(8-3-4-9-17)12-18-11-14-7-10-19-16-6-2-1-5-15(14)16/h1-2,5-7,10,18,20H,3-4,8-9,11-13H2. The van der Waals surface area contributed by atoms with E-state index in [9.17, 15) is 5.11 Å². The molecule has 0 atom stereocenters. The van der Waals surface area contributed by atoms with Crippen molar-refractivity contribution in [2.75, 3.05) is 13.2 Å². The fourth-order valence-corrected chi connectivity index (χ4v) is 3.29. The highest BCUT2D eigenvalue weighted by atomic mass is 16.3. The van der Waals surface area contributed by atoms with Gasteiger partial charge in [-0.1, -0.05) is 31.0 Å². The van der Waals surface area contributed by atoms with Crippen LogP contribution in [-0.2, 0) is 6.54 Å². The summed E-state index contributed by atoms with van der Waals surface area (Å²) in [5.74, 6) is 0. The molecule has 1 fully saturated rings. The Kier molecular flexibility index (Phi) is 3.99. The number of aliphatic hydroxyl groups excluding tert-OH is 1. The molecule has 1 aromatic heterocycles. The van der Waals surface area contributed by atoms with Crippen LogP contribution in [0.4, 0.5) is 0 Å². The second-order valence-electron chi connectivity index (χ2n) is 5.96. The number of pyridine rings is 1. The molecular weight excluding hydrogens is 248 g/mol. The average molecular weight is 270 g/mol. The van der Waals surface area contributed by atoms with Crippen molar-refractivity contribution in [2.45, 2.75) is 32.2 Å². The van der Waals surface area contributed by atoms with Gasteiger partial charge in [0.1, 0.15) is 0 Å². The quantitative estimate of drug-likeness (QED) is 0.878. The van der Waals surface area contributed by atoms with E-state index in [4.69, 9.17) is 0 Å². The van der Waals surface area contributed by atoms with Gasteiger partial charge in [0.15, 0.2) is 0 Å². The van der Waals surface area contributed by atoms with E-state index in [0.717, 1.165) is 31.4 Å². The van der Waals surface area contributed by atoms with Gasteiger partial charge in [0, 0.05) is 36.7 Å². The van der Waals surface area contributed by atoms with Gasteiger partial charge < -0.3 is 10.4 Å². The molecule has 0 amide bonds. The highest BCUT2D eigenvalue weighted by Gasteiger charge is 2.32. The summed E-state index contributed by atoms with van der Waals surface area (Å²) in [7, 11) is 0. The maximum atomic E-state index is 9.64. The van der Waals surface area contributed by atoms with E-state index in [1.54, 1.807) is 0 Å². The Labute approximate surface area is 120 Å². The van der Waals surface area contributed by atoms with Gasteiger partial charge in [0.25, 0.3) is 0 Å². The summed E-state index contributed by atoms with van der Waals surface area (Å²) in [6, 6.07) is 10.3. The second-order valence-corrected chi connectivity index (χ2v) is 5.96. The molecule has 3 rings (SSSR count). The average Bonchev–Trinajstić information content (AvgIpc) is 2.97. The van der Waals surface area contributed by atoms with Crippen LogP contribution in [0, 0.1) is 5.41 Å². The van der Waals surface area contributed by atoms with Crippen molar-refractivity contribution in [3.63, 3.8) is 0 Å². The first-order valence-corrected chi connectivity index (χ1v) is 7.47. The van der Waals surface area contributed by atoms with Crippen LogP contribution < -0.4 is 5.32 Å². The van der Waals surface area contributed by atoms with Gasteiger partial charge in [0.05, 0.1) is 5.52 Å². The molecule has 0 spiro atoms. The zero-order valence-corrected chi connectivity index (χ0v) is 11.8. The Morgan fingerprint density at radius 3 is 2.75 bits per heavy atom. The molecule has 3 heteroatoms. The van der Waals surface area contributed by atoms with Crippen LogP contribution in [0.3, 0.4) is 0 Å². The lowest BCUT2D eigenvalue weighted by molar-refractivity contribution is 0.128. The van der Waals surface area contributed by atoms with Crippen LogP contribution in [-0.4, -0.2) is 23.2 Å². The summed E-state index contributed by atoms with van der Waals surface area (Å²) in [5.41, 5.74) is 2.44. The van der Waals surface area contributed by atoms with E-state index in [0.29, 0.717) is 6.61 Å². The normalized spacial score (nSPS) is 17.6. The minimum atomic E-state index is 0.114. The number of hydrogen-bond donors (Lipinski definition) is 2. The fourth-order valence-electron chi connectivity index (χ4n) is 3.29. The lowest BCUT2D eigenvalue weighted by atomic mass is 9.87. The summed E-state index contributed by atoms with van der Waals surface area (Å²) in [6.45, 7) is 2.04. The Morgan fingerprint density at radius 2 is 1.95 bits per heavy atom. The molecule has 1 heterocycles. The lowest BCUT2D eigenvalue weighted by Crippen LogP contribution is -2.34. The Bertz CT molecular complexity index is 571. The van der Waals surface area contributed by atoms with Crippen molar-refractivity contribution in [2.24, 2.45) is 5.41 Å². The van der Waals surface area contributed by atoms with Gasteiger partial charge in [-0.25, -0.2) is 0 Å². The molecule has 0 unspecified atom stereocenters. The monoisotopic (exact) mass is 270 g/mol.